The van der Waals surface area contributed by atoms with Crippen LogP contribution in [0, 0.1) is 0 Å². The minimum Gasteiger partial charge on any atom is -0.327 e. The van der Waals surface area contributed by atoms with Crippen LogP contribution in [0.3, 0.4) is 0 Å². The van der Waals surface area contributed by atoms with Gasteiger partial charge in [-0.1, -0.05) is 6.92 Å². The van der Waals surface area contributed by atoms with Crippen LogP contribution in [0.25, 0.3) is 0 Å². The van der Waals surface area contributed by atoms with Gasteiger partial charge in [0.25, 0.3) is 0 Å². The van der Waals surface area contributed by atoms with Gasteiger partial charge in [-0.25, -0.2) is 0 Å². The SMILES string of the molecule is CCC1CN(C)CCCN1C[C@@H](C)N. The third-order valence-corrected chi connectivity index (χ3v) is 3.02. The molecule has 0 saturated carbocycles. The Balaban J connectivity index is 2.51. The van der Waals surface area contributed by atoms with Gasteiger partial charge in [-0.05, 0) is 39.9 Å². The zero-order chi connectivity index (χ0) is 10.6. The molecule has 1 unspecified atom stereocenters. The lowest BCUT2D eigenvalue weighted by Crippen LogP contribution is -2.44. The van der Waals surface area contributed by atoms with E-state index < -0.39 is 0 Å². The fourth-order valence-corrected chi connectivity index (χ4v) is 2.29. The molecule has 0 aromatic rings. The van der Waals surface area contributed by atoms with E-state index in [0.29, 0.717) is 12.1 Å². The maximum atomic E-state index is 5.87. The Bertz CT molecular complexity index is 159. The first-order chi connectivity index (χ1) is 6.63. The van der Waals surface area contributed by atoms with Gasteiger partial charge < -0.3 is 10.6 Å². The van der Waals surface area contributed by atoms with Crippen molar-refractivity contribution in [2.75, 3.05) is 33.2 Å². The quantitative estimate of drug-likeness (QED) is 0.728. The molecule has 1 saturated heterocycles. The third kappa shape index (κ3) is 3.56. The Morgan fingerprint density at radius 1 is 1.43 bits per heavy atom. The lowest BCUT2D eigenvalue weighted by atomic mass is 10.1. The smallest absolute Gasteiger partial charge is 0.0221 e. The number of hydrogen-bond acceptors (Lipinski definition) is 3. The molecule has 1 fully saturated rings. The molecule has 1 rings (SSSR count). The van der Waals surface area contributed by atoms with Crippen LogP contribution in [0.2, 0.25) is 0 Å². The molecular formula is C11H25N3. The molecule has 0 radical (unpaired) electrons. The summed E-state index contributed by atoms with van der Waals surface area (Å²) in [5.74, 6) is 0. The summed E-state index contributed by atoms with van der Waals surface area (Å²) < 4.78 is 0. The normalized spacial score (nSPS) is 28.7. The van der Waals surface area contributed by atoms with Crippen LogP contribution < -0.4 is 5.73 Å². The van der Waals surface area contributed by atoms with Crippen molar-refractivity contribution in [2.24, 2.45) is 5.73 Å². The van der Waals surface area contributed by atoms with Crippen molar-refractivity contribution in [1.82, 2.24) is 9.80 Å². The van der Waals surface area contributed by atoms with Crippen molar-refractivity contribution >= 4 is 0 Å². The second kappa shape index (κ2) is 5.69. The molecule has 14 heavy (non-hydrogen) atoms. The molecule has 2 atom stereocenters. The van der Waals surface area contributed by atoms with Gasteiger partial charge in [0, 0.05) is 25.2 Å². The van der Waals surface area contributed by atoms with Crippen molar-refractivity contribution in [1.29, 1.82) is 0 Å². The molecule has 0 bridgehead atoms. The maximum absolute atomic E-state index is 5.87. The zero-order valence-corrected chi connectivity index (χ0v) is 9.87. The molecule has 0 aromatic heterocycles. The maximum Gasteiger partial charge on any atom is 0.0221 e. The predicted octanol–water partition coefficient (Wildman–Crippen LogP) is 0.750. The third-order valence-electron chi connectivity index (χ3n) is 3.02. The molecular weight excluding hydrogens is 174 g/mol. The van der Waals surface area contributed by atoms with E-state index in [-0.39, 0.29) is 0 Å². The summed E-state index contributed by atoms with van der Waals surface area (Å²) >= 11 is 0. The minimum absolute atomic E-state index is 0.299. The fourth-order valence-electron chi connectivity index (χ4n) is 2.29. The van der Waals surface area contributed by atoms with Gasteiger partial charge in [-0.15, -0.1) is 0 Å². The van der Waals surface area contributed by atoms with E-state index >= 15 is 0 Å². The minimum atomic E-state index is 0.299. The molecule has 0 amide bonds. The first-order valence-electron chi connectivity index (χ1n) is 5.81. The van der Waals surface area contributed by atoms with Gasteiger partial charge >= 0.3 is 0 Å². The van der Waals surface area contributed by atoms with Gasteiger partial charge in [0.1, 0.15) is 0 Å². The van der Waals surface area contributed by atoms with Crippen molar-refractivity contribution in [3.63, 3.8) is 0 Å². The molecule has 84 valence electrons. The molecule has 1 aliphatic rings. The molecule has 0 spiro atoms. The highest BCUT2D eigenvalue weighted by Crippen LogP contribution is 2.11. The van der Waals surface area contributed by atoms with Crippen LogP contribution in [0.15, 0.2) is 0 Å². The first kappa shape index (κ1) is 12.0. The van der Waals surface area contributed by atoms with E-state index in [1.165, 1.54) is 32.5 Å². The van der Waals surface area contributed by atoms with E-state index in [9.17, 15) is 0 Å². The monoisotopic (exact) mass is 199 g/mol. The molecule has 2 N–H and O–H groups in total. The van der Waals surface area contributed by atoms with Crippen molar-refractivity contribution < 1.29 is 0 Å². The Labute approximate surface area is 88.2 Å². The Morgan fingerprint density at radius 2 is 2.14 bits per heavy atom. The zero-order valence-electron chi connectivity index (χ0n) is 9.87. The van der Waals surface area contributed by atoms with Crippen LogP contribution in [-0.4, -0.2) is 55.1 Å². The number of hydrogen-bond donors (Lipinski definition) is 1. The van der Waals surface area contributed by atoms with Crippen molar-refractivity contribution in [3.05, 3.63) is 0 Å². The van der Waals surface area contributed by atoms with E-state index in [1.807, 2.05) is 0 Å². The van der Waals surface area contributed by atoms with Crippen molar-refractivity contribution in [2.45, 2.75) is 38.8 Å². The van der Waals surface area contributed by atoms with Gasteiger partial charge in [-0.3, -0.25) is 4.90 Å². The summed E-state index contributed by atoms with van der Waals surface area (Å²) in [4.78, 5) is 5.00. The van der Waals surface area contributed by atoms with Gasteiger partial charge in [0.15, 0.2) is 0 Å². The number of nitrogens with zero attached hydrogens (tertiary/aromatic N) is 2. The average molecular weight is 199 g/mol. The fraction of sp³-hybridized carbons (Fsp3) is 1.00. The van der Waals surface area contributed by atoms with Crippen LogP contribution in [0.1, 0.15) is 26.7 Å². The summed E-state index contributed by atoms with van der Waals surface area (Å²) in [6.45, 7) is 9.06. The lowest BCUT2D eigenvalue weighted by molar-refractivity contribution is 0.176. The van der Waals surface area contributed by atoms with E-state index in [1.54, 1.807) is 0 Å². The van der Waals surface area contributed by atoms with Crippen LogP contribution in [-0.2, 0) is 0 Å². The molecule has 3 nitrogen and oxygen atoms in total. The summed E-state index contributed by atoms with van der Waals surface area (Å²) in [6.07, 6.45) is 2.51. The van der Waals surface area contributed by atoms with Gasteiger partial charge in [-0.2, -0.15) is 0 Å². The standard InChI is InChI=1S/C11H25N3/c1-4-11-9-13(3)6-5-7-14(11)8-10(2)12/h10-11H,4-9,12H2,1-3H3/t10-,11?/m1/s1. The van der Waals surface area contributed by atoms with Gasteiger partial charge in [0.2, 0.25) is 0 Å². The van der Waals surface area contributed by atoms with Crippen LogP contribution >= 0.6 is 0 Å². The van der Waals surface area contributed by atoms with Crippen LogP contribution in [0.5, 0.6) is 0 Å². The summed E-state index contributed by atoms with van der Waals surface area (Å²) in [5.41, 5.74) is 5.87. The number of nitrogens with two attached hydrogens (primary N) is 1. The molecule has 0 aromatic carbocycles. The second-order valence-electron chi connectivity index (χ2n) is 4.65. The van der Waals surface area contributed by atoms with E-state index in [4.69, 9.17) is 5.73 Å². The summed E-state index contributed by atoms with van der Waals surface area (Å²) in [7, 11) is 2.22. The largest absolute Gasteiger partial charge is 0.327 e. The Hall–Kier alpha value is -0.120. The lowest BCUT2D eigenvalue weighted by Gasteiger charge is -2.31. The van der Waals surface area contributed by atoms with E-state index in [0.717, 1.165) is 6.54 Å². The topological polar surface area (TPSA) is 32.5 Å². The molecule has 3 heteroatoms. The Morgan fingerprint density at radius 3 is 2.71 bits per heavy atom. The van der Waals surface area contributed by atoms with Crippen molar-refractivity contribution in [3.8, 4) is 0 Å². The highest BCUT2D eigenvalue weighted by molar-refractivity contribution is 4.79. The highest BCUT2D eigenvalue weighted by atomic mass is 15.2. The number of rotatable bonds is 3. The molecule has 0 aliphatic carbocycles. The van der Waals surface area contributed by atoms with E-state index in [2.05, 4.69) is 30.7 Å². The predicted molar refractivity (Wildman–Crippen MR) is 61.4 cm³/mol. The second-order valence-corrected chi connectivity index (χ2v) is 4.65. The van der Waals surface area contributed by atoms with Gasteiger partial charge in [0.05, 0.1) is 0 Å². The Kier molecular flexibility index (Phi) is 4.85. The highest BCUT2D eigenvalue weighted by Gasteiger charge is 2.22. The summed E-state index contributed by atoms with van der Waals surface area (Å²) in [6, 6.07) is 1.00. The first-order valence-corrected chi connectivity index (χ1v) is 5.81. The molecule has 1 aliphatic heterocycles. The summed E-state index contributed by atoms with van der Waals surface area (Å²) in [5, 5.41) is 0. The van der Waals surface area contributed by atoms with Crippen LogP contribution in [0.4, 0.5) is 0 Å². The molecule has 1 heterocycles. The number of likely N-dealkylation sites (N-methyl/N-ethyl adjacent to an activating group) is 1. The average Bonchev–Trinajstić information content (AvgIpc) is 2.27.